The summed E-state index contributed by atoms with van der Waals surface area (Å²) in [5.41, 5.74) is 7.09. The van der Waals surface area contributed by atoms with E-state index in [1.807, 2.05) is 0 Å². The quantitative estimate of drug-likeness (QED) is 0.750. The first-order valence-corrected chi connectivity index (χ1v) is 7.35. The summed E-state index contributed by atoms with van der Waals surface area (Å²) in [5.74, 6) is 0.865. The van der Waals surface area contributed by atoms with Gasteiger partial charge in [-0.3, -0.25) is 0 Å². The van der Waals surface area contributed by atoms with Crippen LogP contribution in [0.2, 0.25) is 0 Å². The van der Waals surface area contributed by atoms with Crippen molar-refractivity contribution in [3.8, 4) is 0 Å². The number of rotatable bonds is 7. The molecule has 0 aromatic heterocycles. The Labute approximate surface area is 111 Å². The lowest BCUT2D eigenvalue weighted by atomic mass is 10.1. The van der Waals surface area contributed by atoms with Crippen LogP contribution in [0.25, 0.3) is 0 Å². The molecule has 100 valence electrons. The van der Waals surface area contributed by atoms with E-state index in [1.165, 1.54) is 57.3 Å². The standard InChI is InChI=1S/C16H26N2/c17-11-9-16-10-13-18(14-16)12-5-4-8-15-6-2-1-3-7-15/h1-3,6-7,16H,4-5,8-14,17H2. The average molecular weight is 246 g/mol. The van der Waals surface area contributed by atoms with Gasteiger partial charge >= 0.3 is 0 Å². The van der Waals surface area contributed by atoms with Crippen molar-refractivity contribution in [2.45, 2.75) is 32.1 Å². The van der Waals surface area contributed by atoms with Crippen LogP contribution < -0.4 is 5.73 Å². The molecule has 1 atom stereocenters. The molecule has 1 heterocycles. The highest BCUT2D eigenvalue weighted by Crippen LogP contribution is 2.19. The van der Waals surface area contributed by atoms with Crippen molar-refractivity contribution in [1.29, 1.82) is 0 Å². The topological polar surface area (TPSA) is 29.3 Å². The number of nitrogens with zero attached hydrogens (tertiary/aromatic N) is 1. The number of hydrogen-bond donors (Lipinski definition) is 1. The van der Waals surface area contributed by atoms with Crippen LogP contribution >= 0.6 is 0 Å². The Kier molecular flexibility index (Phi) is 5.69. The first kappa shape index (κ1) is 13.6. The maximum absolute atomic E-state index is 5.62. The zero-order valence-corrected chi connectivity index (χ0v) is 11.4. The summed E-state index contributed by atoms with van der Waals surface area (Å²) in [7, 11) is 0. The summed E-state index contributed by atoms with van der Waals surface area (Å²) in [4.78, 5) is 2.62. The minimum Gasteiger partial charge on any atom is -0.330 e. The summed E-state index contributed by atoms with van der Waals surface area (Å²) < 4.78 is 0. The zero-order valence-electron chi connectivity index (χ0n) is 11.4. The molecule has 1 fully saturated rings. The SMILES string of the molecule is NCCC1CCN(CCCCc2ccccc2)C1. The Morgan fingerprint density at radius 3 is 2.78 bits per heavy atom. The number of benzene rings is 1. The van der Waals surface area contributed by atoms with Gasteiger partial charge in [-0.15, -0.1) is 0 Å². The van der Waals surface area contributed by atoms with Gasteiger partial charge < -0.3 is 10.6 Å². The first-order valence-electron chi connectivity index (χ1n) is 7.35. The van der Waals surface area contributed by atoms with Gasteiger partial charge in [-0.25, -0.2) is 0 Å². The second-order valence-electron chi connectivity index (χ2n) is 5.48. The van der Waals surface area contributed by atoms with Crippen LogP contribution in [0, 0.1) is 5.92 Å². The van der Waals surface area contributed by atoms with Gasteiger partial charge in [0, 0.05) is 6.54 Å². The number of aryl methyl sites for hydroxylation is 1. The molecule has 1 unspecified atom stereocenters. The van der Waals surface area contributed by atoms with E-state index in [1.54, 1.807) is 0 Å². The van der Waals surface area contributed by atoms with Crippen molar-refractivity contribution in [2.75, 3.05) is 26.2 Å². The third-order valence-electron chi connectivity index (χ3n) is 3.98. The molecule has 0 radical (unpaired) electrons. The summed E-state index contributed by atoms with van der Waals surface area (Å²) in [6.07, 6.45) is 6.42. The third kappa shape index (κ3) is 4.43. The van der Waals surface area contributed by atoms with E-state index in [2.05, 4.69) is 35.2 Å². The second-order valence-corrected chi connectivity index (χ2v) is 5.48. The molecule has 1 aliphatic heterocycles. The van der Waals surface area contributed by atoms with Crippen molar-refractivity contribution in [3.63, 3.8) is 0 Å². The minimum atomic E-state index is 0.854. The predicted molar refractivity (Wildman–Crippen MR) is 77.6 cm³/mol. The van der Waals surface area contributed by atoms with Gasteiger partial charge in [-0.2, -0.15) is 0 Å². The highest BCUT2D eigenvalue weighted by atomic mass is 15.1. The summed E-state index contributed by atoms with van der Waals surface area (Å²) in [5, 5.41) is 0. The smallest absolute Gasteiger partial charge is 0.00106 e. The van der Waals surface area contributed by atoms with E-state index in [9.17, 15) is 0 Å². The fourth-order valence-electron chi connectivity index (χ4n) is 2.90. The Balaban J connectivity index is 1.56. The van der Waals surface area contributed by atoms with Crippen molar-refractivity contribution in [1.82, 2.24) is 4.90 Å². The molecule has 1 aliphatic rings. The molecule has 0 saturated carbocycles. The molecule has 2 N–H and O–H groups in total. The molecule has 0 amide bonds. The average Bonchev–Trinajstić information content (AvgIpc) is 2.84. The van der Waals surface area contributed by atoms with Gasteiger partial charge in [-0.05, 0) is 63.2 Å². The first-order chi connectivity index (χ1) is 8.88. The predicted octanol–water partition coefficient (Wildman–Crippen LogP) is 2.68. The molecule has 1 aromatic carbocycles. The second kappa shape index (κ2) is 7.55. The molecule has 1 saturated heterocycles. The fourth-order valence-corrected chi connectivity index (χ4v) is 2.90. The maximum atomic E-state index is 5.62. The normalized spacial score (nSPS) is 20.4. The number of nitrogens with two attached hydrogens (primary N) is 1. The highest BCUT2D eigenvalue weighted by molar-refractivity contribution is 5.14. The highest BCUT2D eigenvalue weighted by Gasteiger charge is 2.20. The molecule has 2 heteroatoms. The third-order valence-corrected chi connectivity index (χ3v) is 3.98. The molecule has 18 heavy (non-hydrogen) atoms. The van der Waals surface area contributed by atoms with E-state index in [0.717, 1.165) is 12.5 Å². The van der Waals surface area contributed by atoms with Gasteiger partial charge in [0.15, 0.2) is 0 Å². The van der Waals surface area contributed by atoms with Gasteiger partial charge in [0.1, 0.15) is 0 Å². The zero-order chi connectivity index (χ0) is 12.6. The molecule has 0 aliphatic carbocycles. The van der Waals surface area contributed by atoms with Crippen LogP contribution in [-0.4, -0.2) is 31.1 Å². The molecular formula is C16H26N2. The van der Waals surface area contributed by atoms with Crippen molar-refractivity contribution in [2.24, 2.45) is 11.7 Å². The fraction of sp³-hybridized carbons (Fsp3) is 0.625. The number of likely N-dealkylation sites (tertiary alicyclic amines) is 1. The number of hydrogen-bond acceptors (Lipinski definition) is 2. The molecule has 0 bridgehead atoms. The van der Waals surface area contributed by atoms with E-state index >= 15 is 0 Å². The van der Waals surface area contributed by atoms with Gasteiger partial charge in [0.2, 0.25) is 0 Å². The van der Waals surface area contributed by atoms with Crippen molar-refractivity contribution in [3.05, 3.63) is 35.9 Å². The summed E-state index contributed by atoms with van der Waals surface area (Å²) >= 11 is 0. The monoisotopic (exact) mass is 246 g/mol. The van der Waals surface area contributed by atoms with Gasteiger partial charge in [0.05, 0.1) is 0 Å². The molecule has 1 aromatic rings. The van der Waals surface area contributed by atoms with Crippen LogP contribution in [-0.2, 0) is 6.42 Å². The Hall–Kier alpha value is -0.860. The lowest BCUT2D eigenvalue weighted by Crippen LogP contribution is -2.22. The summed E-state index contributed by atoms with van der Waals surface area (Å²) in [6, 6.07) is 10.8. The Morgan fingerprint density at radius 1 is 1.17 bits per heavy atom. The van der Waals surface area contributed by atoms with E-state index in [-0.39, 0.29) is 0 Å². The van der Waals surface area contributed by atoms with Gasteiger partial charge in [-0.1, -0.05) is 30.3 Å². The van der Waals surface area contributed by atoms with Crippen LogP contribution in [0.4, 0.5) is 0 Å². The molecule has 2 nitrogen and oxygen atoms in total. The van der Waals surface area contributed by atoms with Crippen molar-refractivity contribution >= 4 is 0 Å². The maximum Gasteiger partial charge on any atom is 0.00106 e. The largest absolute Gasteiger partial charge is 0.330 e. The number of unbranched alkanes of at least 4 members (excludes halogenated alkanes) is 1. The van der Waals surface area contributed by atoms with Crippen LogP contribution in [0.5, 0.6) is 0 Å². The Bertz CT molecular complexity index is 323. The molecular weight excluding hydrogens is 220 g/mol. The van der Waals surface area contributed by atoms with Crippen molar-refractivity contribution < 1.29 is 0 Å². The lowest BCUT2D eigenvalue weighted by molar-refractivity contribution is 0.314. The minimum absolute atomic E-state index is 0.854. The van der Waals surface area contributed by atoms with E-state index in [0.29, 0.717) is 0 Å². The van der Waals surface area contributed by atoms with Crippen LogP contribution in [0.1, 0.15) is 31.2 Å². The molecule has 2 rings (SSSR count). The molecule has 0 spiro atoms. The van der Waals surface area contributed by atoms with E-state index in [4.69, 9.17) is 5.73 Å². The van der Waals surface area contributed by atoms with Crippen LogP contribution in [0.15, 0.2) is 30.3 Å². The van der Waals surface area contributed by atoms with Gasteiger partial charge in [0.25, 0.3) is 0 Å². The summed E-state index contributed by atoms with van der Waals surface area (Å²) in [6.45, 7) is 4.69. The lowest BCUT2D eigenvalue weighted by Gasteiger charge is -2.15. The van der Waals surface area contributed by atoms with E-state index < -0.39 is 0 Å². The Morgan fingerprint density at radius 2 is 2.00 bits per heavy atom. The van der Waals surface area contributed by atoms with Crippen LogP contribution in [0.3, 0.4) is 0 Å².